The topological polar surface area (TPSA) is 97.2 Å². The fraction of sp³-hybridized carbons (Fsp3) is 0.682. The summed E-state index contributed by atoms with van der Waals surface area (Å²) in [6, 6.07) is 2.19. The number of nitrogens with zero attached hydrogens (tertiary/aromatic N) is 4. The highest BCUT2D eigenvalue weighted by Gasteiger charge is 2.50. The van der Waals surface area contributed by atoms with Gasteiger partial charge in [-0.15, -0.1) is 0 Å². The van der Waals surface area contributed by atoms with E-state index in [1.807, 2.05) is 13.0 Å². The van der Waals surface area contributed by atoms with Crippen LogP contribution in [0.3, 0.4) is 0 Å². The van der Waals surface area contributed by atoms with Crippen molar-refractivity contribution in [3.05, 3.63) is 17.8 Å². The Balaban J connectivity index is 1.49. The summed E-state index contributed by atoms with van der Waals surface area (Å²) in [5.74, 6) is 1.08. The summed E-state index contributed by atoms with van der Waals surface area (Å²) in [5, 5.41) is 19.0. The van der Waals surface area contributed by atoms with Gasteiger partial charge >= 0.3 is 6.09 Å². The molecule has 2 amide bonds. The number of carbonyl (C=O) groups is 2. The third kappa shape index (κ3) is 3.73. The largest absolute Gasteiger partial charge is 0.465 e. The van der Waals surface area contributed by atoms with Gasteiger partial charge in [0.05, 0.1) is 23.4 Å². The van der Waals surface area contributed by atoms with Gasteiger partial charge < -0.3 is 20.0 Å². The third-order valence-electron chi connectivity index (χ3n) is 7.27. The second-order valence-corrected chi connectivity index (χ2v) is 9.19. The Morgan fingerprint density at radius 2 is 1.97 bits per heavy atom. The van der Waals surface area contributed by atoms with Crippen molar-refractivity contribution < 1.29 is 19.8 Å². The Morgan fingerprint density at radius 3 is 2.63 bits per heavy atom. The van der Waals surface area contributed by atoms with E-state index in [1.165, 1.54) is 11.9 Å². The Morgan fingerprint density at radius 1 is 1.23 bits per heavy atom. The number of rotatable bonds is 3. The van der Waals surface area contributed by atoms with E-state index in [4.69, 9.17) is 0 Å². The highest BCUT2D eigenvalue weighted by Crippen LogP contribution is 2.43. The van der Waals surface area contributed by atoms with Crippen molar-refractivity contribution in [2.75, 3.05) is 36.5 Å². The SMILES string of the molecule is Cc1cc(N2CCCC3(CCN(C4CCC(O)CC4)C3=O)C2)ncc1N(C)C(=O)O. The molecule has 30 heavy (non-hydrogen) atoms. The summed E-state index contributed by atoms with van der Waals surface area (Å²) < 4.78 is 0. The summed E-state index contributed by atoms with van der Waals surface area (Å²) in [6.45, 7) is 4.21. The molecule has 2 N–H and O–H groups in total. The lowest BCUT2D eigenvalue weighted by molar-refractivity contribution is -0.139. The molecule has 1 aliphatic carbocycles. The normalized spacial score (nSPS) is 29.5. The van der Waals surface area contributed by atoms with E-state index in [-0.39, 0.29) is 23.5 Å². The maximum Gasteiger partial charge on any atom is 0.411 e. The molecule has 2 aliphatic heterocycles. The van der Waals surface area contributed by atoms with E-state index in [2.05, 4.69) is 14.8 Å². The lowest BCUT2D eigenvalue weighted by Crippen LogP contribution is -2.50. The van der Waals surface area contributed by atoms with Gasteiger partial charge in [0, 0.05) is 32.7 Å². The minimum Gasteiger partial charge on any atom is -0.465 e. The van der Waals surface area contributed by atoms with Gasteiger partial charge in [-0.25, -0.2) is 9.78 Å². The van der Waals surface area contributed by atoms with E-state index in [1.54, 1.807) is 6.20 Å². The van der Waals surface area contributed by atoms with Crippen LogP contribution < -0.4 is 9.80 Å². The number of aliphatic hydroxyl groups excluding tert-OH is 1. The summed E-state index contributed by atoms with van der Waals surface area (Å²) in [4.78, 5) is 34.7. The number of likely N-dealkylation sites (tertiary alicyclic amines) is 1. The van der Waals surface area contributed by atoms with Crippen LogP contribution in [0.25, 0.3) is 0 Å². The smallest absolute Gasteiger partial charge is 0.411 e. The summed E-state index contributed by atoms with van der Waals surface area (Å²) in [5.41, 5.74) is 1.07. The molecule has 2 saturated heterocycles. The zero-order chi connectivity index (χ0) is 21.5. The van der Waals surface area contributed by atoms with Crippen LogP contribution in [0, 0.1) is 12.3 Å². The average molecular weight is 417 g/mol. The zero-order valence-corrected chi connectivity index (χ0v) is 17.9. The van der Waals surface area contributed by atoms with Crippen LogP contribution in [0.15, 0.2) is 12.3 Å². The highest BCUT2D eigenvalue weighted by atomic mass is 16.4. The minimum atomic E-state index is -1.02. The number of hydrogen-bond donors (Lipinski definition) is 2. The number of amides is 2. The second-order valence-electron chi connectivity index (χ2n) is 9.19. The summed E-state index contributed by atoms with van der Waals surface area (Å²) in [7, 11) is 1.51. The second kappa shape index (κ2) is 8.06. The number of aromatic nitrogens is 1. The molecule has 8 heteroatoms. The number of carboxylic acid groups (broad SMARTS) is 1. The molecule has 0 bridgehead atoms. The van der Waals surface area contributed by atoms with Crippen molar-refractivity contribution >= 4 is 23.5 Å². The molecule has 4 rings (SSSR count). The van der Waals surface area contributed by atoms with Crippen LogP contribution >= 0.6 is 0 Å². The van der Waals surface area contributed by atoms with Gasteiger partial charge in [0.1, 0.15) is 5.82 Å². The Hall–Kier alpha value is -2.35. The number of aryl methyl sites for hydroxylation is 1. The first-order valence-electron chi connectivity index (χ1n) is 11.0. The van der Waals surface area contributed by atoms with Crippen molar-refractivity contribution in [2.24, 2.45) is 5.41 Å². The number of anilines is 2. The number of hydrogen-bond acceptors (Lipinski definition) is 5. The highest BCUT2D eigenvalue weighted by molar-refractivity contribution is 5.87. The summed E-state index contributed by atoms with van der Waals surface area (Å²) in [6.07, 6.45) is 6.47. The number of piperidine rings is 1. The van der Waals surface area contributed by atoms with E-state index >= 15 is 0 Å². The number of carbonyl (C=O) groups excluding carboxylic acids is 1. The molecule has 1 aromatic heterocycles. The summed E-state index contributed by atoms with van der Waals surface area (Å²) >= 11 is 0. The monoisotopic (exact) mass is 416 g/mol. The molecule has 3 aliphatic rings. The molecule has 1 spiro atoms. The Bertz CT molecular complexity index is 823. The molecule has 164 valence electrons. The molecule has 0 radical (unpaired) electrons. The molecular formula is C22H32N4O4. The van der Waals surface area contributed by atoms with Crippen molar-refractivity contribution in [2.45, 2.75) is 64.0 Å². The van der Waals surface area contributed by atoms with Crippen LogP contribution in [-0.2, 0) is 4.79 Å². The maximum atomic E-state index is 13.5. The molecule has 0 aromatic carbocycles. The van der Waals surface area contributed by atoms with E-state index in [0.717, 1.165) is 69.4 Å². The molecule has 1 saturated carbocycles. The minimum absolute atomic E-state index is 0.212. The van der Waals surface area contributed by atoms with Gasteiger partial charge in [-0.3, -0.25) is 9.69 Å². The van der Waals surface area contributed by atoms with Crippen molar-refractivity contribution in [1.82, 2.24) is 9.88 Å². The van der Waals surface area contributed by atoms with Crippen LogP contribution in [0.2, 0.25) is 0 Å². The Kier molecular flexibility index (Phi) is 5.61. The predicted octanol–water partition coefficient (Wildman–Crippen LogP) is 2.63. The first-order valence-corrected chi connectivity index (χ1v) is 11.0. The van der Waals surface area contributed by atoms with Crippen LogP contribution in [-0.4, -0.2) is 70.9 Å². The van der Waals surface area contributed by atoms with Gasteiger partial charge in [0.25, 0.3) is 0 Å². The quantitative estimate of drug-likeness (QED) is 0.786. The van der Waals surface area contributed by atoms with Crippen LogP contribution in [0.5, 0.6) is 0 Å². The van der Waals surface area contributed by atoms with Crippen molar-refractivity contribution in [3.8, 4) is 0 Å². The van der Waals surface area contributed by atoms with Gasteiger partial charge in [0.2, 0.25) is 5.91 Å². The molecule has 1 atom stereocenters. The lowest BCUT2D eigenvalue weighted by atomic mass is 9.78. The standard InChI is InChI=1S/C22H32N4O4/c1-15-12-19(23-13-18(15)24(2)21(29)30)25-10-3-8-22(14-25)9-11-26(20(22)28)16-4-6-17(27)7-5-16/h12-13,16-17,27H,3-11,14H2,1-2H3,(H,29,30). The maximum absolute atomic E-state index is 13.5. The van der Waals surface area contributed by atoms with Gasteiger partial charge in [-0.05, 0) is 63.5 Å². The van der Waals surface area contributed by atoms with Crippen LogP contribution in [0.1, 0.15) is 50.5 Å². The fourth-order valence-corrected chi connectivity index (χ4v) is 5.43. The van der Waals surface area contributed by atoms with Gasteiger partial charge in [0.15, 0.2) is 0 Å². The number of pyridine rings is 1. The molecule has 3 heterocycles. The van der Waals surface area contributed by atoms with E-state index in [9.17, 15) is 19.8 Å². The molecule has 1 aromatic rings. The Labute approximate surface area is 177 Å². The van der Waals surface area contributed by atoms with Crippen LogP contribution in [0.4, 0.5) is 16.3 Å². The van der Waals surface area contributed by atoms with Gasteiger partial charge in [-0.2, -0.15) is 0 Å². The first kappa shape index (κ1) is 20.9. The molecule has 8 nitrogen and oxygen atoms in total. The van der Waals surface area contributed by atoms with Crippen molar-refractivity contribution in [1.29, 1.82) is 0 Å². The van der Waals surface area contributed by atoms with E-state index in [0.29, 0.717) is 12.2 Å². The van der Waals surface area contributed by atoms with Gasteiger partial charge in [-0.1, -0.05) is 0 Å². The van der Waals surface area contributed by atoms with E-state index < -0.39 is 6.09 Å². The first-order chi connectivity index (χ1) is 14.3. The molecular weight excluding hydrogens is 384 g/mol. The molecule has 3 fully saturated rings. The predicted molar refractivity (Wildman–Crippen MR) is 114 cm³/mol. The fourth-order valence-electron chi connectivity index (χ4n) is 5.43. The number of aliphatic hydroxyl groups is 1. The zero-order valence-electron chi connectivity index (χ0n) is 17.9. The van der Waals surface area contributed by atoms with Crippen molar-refractivity contribution in [3.63, 3.8) is 0 Å². The lowest BCUT2D eigenvalue weighted by Gasteiger charge is -2.41. The third-order valence-corrected chi connectivity index (χ3v) is 7.27. The molecule has 1 unspecified atom stereocenters. The average Bonchev–Trinajstić information content (AvgIpc) is 3.03.